The molecule has 0 amide bonds. The van der Waals surface area contributed by atoms with Crippen LogP contribution in [0.25, 0.3) is 11.1 Å². The van der Waals surface area contributed by atoms with Crippen LogP contribution in [0.2, 0.25) is 0 Å². The highest BCUT2D eigenvalue weighted by molar-refractivity contribution is 5.76. The van der Waals surface area contributed by atoms with Crippen molar-refractivity contribution in [3.63, 3.8) is 0 Å². The summed E-state index contributed by atoms with van der Waals surface area (Å²) in [6.45, 7) is 5.68. The Balaban J connectivity index is 1.33. The first-order valence-electron chi connectivity index (χ1n) is 9.21. The zero-order valence-corrected chi connectivity index (χ0v) is 14.4. The molecule has 5 nitrogen and oxygen atoms in total. The smallest absolute Gasteiger partial charge is 0.196 e. The van der Waals surface area contributed by atoms with Crippen molar-refractivity contribution in [1.82, 2.24) is 15.6 Å². The Morgan fingerprint density at radius 1 is 1.33 bits per heavy atom. The van der Waals surface area contributed by atoms with Gasteiger partial charge >= 0.3 is 0 Å². The van der Waals surface area contributed by atoms with Crippen LogP contribution >= 0.6 is 0 Å². The fraction of sp³-hybridized carbons (Fsp3) is 0.632. The highest BCUT2D eigenvalue weighted by atomic mass is 16.5. The van der Waals surface area contributed by atoms with E-state index < -0.39 is 0 Å². The van der Waals surface area contributed by atoms with Gasteiger partial charge in [0.2, 0.25) is 0 Å². The second-order valence-electron chi connectivity index (χ2n) is 7.07. The normalized spacial score (nSPS) is 27.8. The lowest BCUT2D eigenvalue weighted by atomic mass is 9.94. The van der Waals surface area contributed by atoms with E-state index in [0.717, 1.165) is 49.7 Å². The van der Waals surface area contributed by atoms with Gasteiger partial charge in [0.15, 0.2) is 11.5 Å². The molecule has 1 aliphatic carbocycles. The minimum Gasteiger partial charge on any atom is -0.441 e. The van der Waals surface area contributed by atoms with Gasteiger partial charge in [-0.05, 0) is 37.3 Å². The Kier molecular flexibility index (Phi) is 4.83. The van der Waals surface area contributed by atoms with Crippen molar-refractivity contribution in [3.05, 3.63) is 29.7 Å². The molecule has 4 rings (SSSR count). The lowest BCUT2D eigenvalue weighted by Gasteiger charge is -2.33. The molecule has 5 heteroatoms. The minimum absolute atomic E-state index is 0.505. The first-order valence-corrected chi connectivity index (χ1v) is 9.21. The number of oxazole rings is 1. The number of ether oxygens (including phenoxy) is 1. The Bertz CT molecular complexity index is 678. The Morgan fingerprint density at radius 3 is 3.12 bits per heavy atom. The number of benzene rings is 1. The molecule has 0 spiro atoms. The van der Waals surface area contributed by atoms with Crippen molar-refractivity contribution in [2.75, 3.05) is 26.3 Å². The van der Waals surface area contributed by atoms with Gasteiger partial charge in [-0.1, -0.05) is 18.6 Å². The fourth-order valence-corrected chi connectivity index (χ4v) is 4.19. The molecule has 1 aromatic carbocycles. The molecule has 3 unspecified atom stereocenters. The summed E-state index contributed by atoms with van der Waals surface area (Å²) in [6, 6.07) is 7.18. The van der Waals surface area contributed by atoms with Crippen LogP contribution in [-0.4, -0.2) is 43.4 Å². The van der Waals surface area contributed by atoms with E-state index >= 15 is 0 Å². The van der Waals surface area contributed by atoms with Crippen LogP contribution < -0.4 is 10.6 Å². The predicted molar refractivity (Wildman–Crippen MR) is 94.2 cm³/mol. The van der Waals surface area contributed by atoms with Crippen LogP contribution in [0, 0.1) is 12.8 Å². The van der Waals surface area contributed by atoms with Crippen molar-refractivity contribution in [3.8, 4) is 0 Å². The number of hydrogen-bond acceptors (Lipinski definition) is 5. The maximum absolute atomic E-state index is 5.87. The SMILES string of the molecule is Cc1cccc2oc(CCNC3CCCC3C3COCCN3)nc12. The van der Waals surface area contributed by atoms with Gasteiger partial charge in [0.05, 0.1) is 13.2 Å². The number of nitrogens with zero attached hydrogens (tertiary/aromatic N) is 1. The second-order valence-corrected chi connectivity index (χ2v) is 7.07. The van der Waals surface area contributed by atoms with E-state index in [1.807, 2.05) is 12.1 Å². The Hall–Kier alpha value is -1.43. The van der Waals surface area contributed by atoms with Crippen LogP contribution in [0.5, 0.6) is 0 Å². The third kappa shape index (κ3) is 3.34. The summed E-state index contributed by atoms with van der Waals surface area (Å²) in [6.07, 6.45) is 4.70. The van der Waals surface area contributed by atoms with Crippen LogP contribution in [-0.2, 0) is 11.2 Å². The summed E-state index contributed by atoms with van der Waals surface area (Å²) in [4.78, 5) is 4.65. The maximum atomic E-state index is 5.87. The molecular formula is C19H27N3O2. The largest absolute Gasteiger partial charge is 0.441 e. The topological polar surface area (TPSA) is 59.3 Å². The average molecular weight is 329 g/mol. The molecule has 1 aromatic heterocycles. The average Bonchev–Trinajstić information content (AvgIpc) is 3.23. The van der Waals surface area contributed by atoms with Gasteiger partial charge in [0.25, 0.3) is 0 Å². The molecule has 1 saturated carbocycles. The summed E-state index contributed by atoms with van der Waals surface area (Å²) < 4.78 is 11.5. The van der Waals surface area contributed by atoms with E-state index in [0.29, 0.717) is 18.0 Å². The summed E-state index contributed by atoms with van der Waals surface area (Å²) in [5.74, 6) is 1.51. The molecule has 0 bridgehead atoms. The second kappa shape index (κ2) is 7.21. The van der Waals surface area contributed by atoms with Gasteiger partial charge in [0, 0.05) is 31.6 Å². The number of nitrogens with one attached hydrogen (secondary N) is 2. The van der Waals surface area contributed by atoms with E-state index in [-0.39, 0.29) is 0 Å². The summed E-state index contributed by atoms with van der Waals surface area (Å²) in [7, 11) is 0. The van der Waals surface area contributed by atoms with Gasteiger partial charge in [-0.15, -0.1) is 0 Å². The van der Waals surface area contributed by atoms with E-state index in [9.17, 15) is 0 Å². The molecule has 2 heterocycles. The van der Waals surface area contributed by atoms with Crippen molar-refractivity contribution in [2.24, 2.45) is 5.92 Å². The molecule has 2 aromatic rings. The number of para-hydroxylation sites is 1. The monoisotopic (exact) mass is 329 g/mol. The van der Waals surface area contributed by atoms with Crippen molar-refractivity contribution in [1.29, 1.82) is 0 Å². The highest BCUT2D eigenvalue weighted by Crippen LogP contribution is 2.29. The molecule has 2 aliphatic rings. The summed E-state index contributed by atoms with van der Waals surface area (Å²) >= 11 is 0. The van der Waals surface area contributed by atoms with E-state index in [1.54, 1.807) is 0 Å². The van der Waals surface area contributed by atoms with Gasteiger partial charge in [-0.25, -0.2) is 4.98 Å². The van der Waals surface area contributed by atoms with Crippen LogP contribution in [0.1, 0.15) is 30.7 Å². The van der Waals surface area contributed by atoms with Gasteiger partial charge < -0.3 is 19.8 Å². The first-order chi connectivity index (χ1) is 11.8. The number of fused-ring (bicyclic) bond motifs is 1. The maximum Gasteiger partial charge on any atom is 0.196 e. The standard InChI is InChI=1S/C19H27N3O2/c1-13-4-2-7-17-19(13)22-18(24-17)8-9-20-15-6-3-5-14(15)16-12-23-11-10-21-16/h2,4,7,14-16,20-21H,3,5-6,8-12H2,1H3. The van der Waals surface area contributed by atoms with Crippen molar-refractivity contribution < 1.29 is 9.15 Å². The molecule has 2 fully saturated rings. The van der Waals surface area contributed by atoms with Crippen LogP contribution in [0.4, 0.5) is 0 Å². The number of aromatic nitrogens is 1. The summed E-state index contributed by atoms with van der Waals surface area (Å²) in [5.41, 5.74) is 3.07. The Morgan fingerprint density at radius 2 is 2.29 bits per heavy atom. The van der Waals surface area contributed by atoms with Crippen LogP contribution in [0.15, 0.2) is 22.6 Å². The lowest BCUT2D eigenvalue weighted by Crippen LogP contribution is -2.51. The zero-order chi connectivity index (χ0) is 16.4. The minimum atomic E-state index is 0.505. The molecule has 3 atom stereocenters. The van der Waals surface area contributed by atoms with Crippen LogP contribution in [0.3, 0.4) is 0 Å². The quantitative estimate of drug-likeness (QED) is 0.882. The van der Waals surface area contributed by atoms with Crippen molar-refractivity contribution >= 4 is 11.1 Å². The Labute approximate surface area is 143 Å². The van der Waals surface area contributed by atoms with E-state index in [1.165, 1.54) is 24.8 Å². The number of rotatable bonds is 5. The molecular weight excluding hydrogens is 302 g/mol. The zero-order valence-electron chi connectivity index (χ0n) is 14.4. The van der Waals surface area contributed by atoms with Gasteiger partial charge in [-0.3, -0.25) is 0 Å². The molecule has 0 radical (unpaired) electrons. The molecule has 24 heavy (non-hydrogen) atoms. The fourth-order valence-electron chi connectivity index (χ4n) is 4.19. The number of morpholine rings is 1. The molecule has 2 N–H and O–H groups in total. The number of aryl methyl sites for hydroxylation is 1. The predicted octanol–water partition coefficient (Wildman–Crippen LogP) is 2.43. The van der Waals surface area contributed by atoms with Gasteiger partial charge in [-0.2, -0.15) is 0 Å². The van der Waals surface area contributed by atoms with E-state index in [4.69, 9.17) is 9.15 Å². The van der Waals surface area contributed by atoms with Gasteiger partial charge in [0.1, 0.15) is 5.52 Å². The highest BCUT2D eigenvalue weighted by Gasteiger charge is 2.34. The lowest BCUT2D eigenvalue weighted by molar-refractivity contribution is 0.0525. The first kappa shape index (κ1) is 16.1. The third-order valence-electron chi connectivity index (χ3n) is 5.45. The molecule has 130 valence electrons. The van der Waals surface area contributed by atoms with Crippen molar-refractivity contribution in [2.45, 2.75) is 44.7 Å². The number of hydrogen-bond donors (Lipinski definition) is 2. The molecule has 1 saturated heterocycles. The summed E-state index contributed by atoms with van der Waals surface area (Å²) in [5, 5.41) is 7.37. The third-order valence-corrected chi connectivity index (χ3v) is 5.45. The molecule has 1 aliphatic heterocycles. The van der Waals surface area contributed by atoms with E-state index in [2.05, 4.69) is 28.6 Å².